The van der Waals surface area contributed by atoms with E-state index in [-0.39, 0.29) is 11.3 Å². The molecule has 0 bridgehead atoms. The second-order valence-corrected chi connectivity index (χ2v) is 6.42. The fraction of sp³-hybridized carbons (Fsp3) is 0.500. The number of amides is 1. The van der Waals surface area contributed by atoms with Crippen LogP contribution < -0.4 is 4.90 Å². The highest BCUT2D eigenvalue weighted by Crippen LogP contribution is 2.34. The number of aliphatic hydroxyl groups excluding tert-OH is 1. The molecule has 1 aliphatic rings. The van der Waals surface area contributed by atoms with Crippen LogP contribution in [0.1, 0.15) is 33.5 Å². The monoisotopic (exact) mass is 362 g/mol. The Morgan fingerprint density at radius 2 is 2.11 bits per heavy atom. The van der Waals surface area contributed by atoms with Crippen molar-refractivity contribution in [3.8, 4) is 0 Å². The number of aromatic nitrogens is 1. The van der Waals surface area contributed by atoms with E-state index in [1.807, 2.05) is 43.4 Å². The number of aliphatic hydroxyl groups is 1. The molecule has 1 aliphatic heterocycles. The van der Waals surface area contributed by atoms with Gasteiger partial charge in [0.1, 0.15) is 5.76 Å². The lowest BCUT2D eigenvalue weighted by Crippen LogP contribution is -2.35. The Hall–Kier alpha value is -0.890. The molecule has 0 aliphatic carbocycles. The van der Waals surface area contributed by atoms with E-state index in [9.17, 15) is 9.90 Å². The van der Waals surface area contributed by atoms with E-state index in [1.54, 1.807) is 13.0 Å². The van der Waals surface area contributed by atoms with Crippen LogP contribution in [0.4, 0.5) is 5.82 Å². The second-order valence-electron chi connectivity index (χ2n) is 5.35. The highest BCUT2D eigenvalue weighted by Gasteiger charge is 2.38. The SMILES string of the molecule is CC1=C(I)C(=O)N(c2cc(C(C)(C)C)on2)[C@H]1O. The fourth-order valence-corrected chi connectivity index (χ4v) is 2.19. The summed E-state index contributed by atoms with van der Waals surface area (Å²) in [7, 11) is 0. The number of anilines is 1. The van der Waals surface area contributed by atoms with E-state index in [1.165, 1.54) is 4.90 Å². The van der Waals surface area contributed by atoms with E-state index >= 15 is 0 Å². The Labute approximate surface area is 119 Å². The number of hydrogen-bond donors (Lipinski definition) is 1. The van der Waals surface area contributed by atoms with Crippen molar-refractivity contribution in [3.63, 3.8) is 0 Å². The maximum Gasteiger partial charge on any atom is 0.268 e. The lowest BCUT2D eigenvalue weighted by Gasteiger charge is -2.18. The van der Waals surface area contributed by atoms with Crippen molar-refractivity contribution in [3.05, 3.63) is 21.0 Å². The molecule has 98 valence electrons. The first-order valence-corrected chi connectivity index (χ1v) is 6.66. The third kappa shape index (κ3) is 2.07. The van der Waals surface area contributed by atoms with Gasteiger partial charge in [0.2, 0.25) is 0 Å². The quantitative estimate of drug-likeness (QED) is 0.779. The van der Waals surface area contributed by atoms with Crippen LogP contribution in [0.3, 0.4) is 0 Å². The summed E-state index contributed by atoms with van der Waals surface area (Å²) in [6.07, 6.45) is -0.956. The lowest BCUT2D eigenvalue weighted by molar-refractivity contribution is -0.114. The minimum Gasteiger partial charge on any atom is -0.369 e. The molecule has 0 unspecified atom stereocenters. The molecule has 0 spiro atoms. The van der Waals surface area contributed by atoms with Crippen molar-refractivity contribution < 1.29 is 14.4 Å². The third-order valence-corrected chi connectivity index (χ3v) is 4.18. The first kappa shape index (κ1) is 13.5. The van der Waals surface area contributed by atoms with Crippen LogP contribution in [0, 0.1) is 0 Å². The van der Waals surface area contributed by atoms with E-state index in [0.717, 1.165) is 0 Å². The Bertz CT molecular complexity index is 528. The zero-order valence-corrected chi connectivity index (χ0v) is 12.8. The molecule has 0 saturated carbocycles. The summed E-state index contributed by atoms with van der Waals surface area (Å²) in [4.78, 5) is 13.3. The topological polar surface area (TPSA) is 66.6 Å². The first-order chi connectivity index (χ1) is 8.23. The molecular formula is C12H15IN2O3. The van der Waals surface area contributed by atoms with Gasteiger partial charge < -0.3 is 9.63 Å². The van der Waals surface area contributed by atoms with Crippen LogP contribution >= 0.6 is 22.6 Å². The molecule has 2 rings (SSSR count). The molecule has 0 aromatic carbocycles. The molecule has 1 atom stereocenters. The molecule has 1 amide bonds. The van der Waals surface area contributed by atoms with E-state index in [2.05, 4.69) is 5.16 Å². The van der Waals surface area contributed by atoms with Gasteiger partial charge in [0, 0.05) is 11.5 Å². The Kier molecular flexibility index (Phi) is 3.26. The van der Waals surface area contributed by atoms with Crippen LogP contribution in [-0.2, 0) is 10.2 Å². The van der Waals surface area contributed by atoms with Gasteiger partial charge in [-0.3, -0.25) is 9.69 Å². The number of carbonyl (C=O) groups excluding carboxylic acids is 1. The highest BCUT2D eigenvalue weighted by atomic mass is 127. The highest BCUT2D eigenvalue weighted by molar-refractivity contribution is 14.1. The van der Waals surface area contributed by atoms with Gasteiger partial charge in [-0.05, 0) is 35.1 Å². The number of halogens is 1. The summed E-state index contributed by atoms with van der Waals surface area (Å²) in [6.45, 7) is 7.71. The maximum absolute atomic E-state index is 12.0. The van der Waals surface area contributed by atoms with E-state index in [0.29, 0.717) is 20.7 Å². The minimum absolute atomic E-state index is 0.186. The van der Waals surface area contributed by atoms with Crippen molar-refractivity contribution in [2.24, 2.45) is 0 Å². The van der Waals surface area contributed by atoms with Gasteiger partial charge in [-0.2, -0.15) is 0 Å². The Morgan fingerprint density at radius 1 is 1.50 bits per heavy atom. The largest absolute Gasteiger partial charge is 0.369 e. The lowest BCUT2D eigenvalue weighted by atomic mass is 9.93. The Balaban J connectivity index is 2.35. The van der Waals surface area contributed by atoms with Gasteiger partial charge in [0.25, 0.3) is 5.91 Å². The van der Waals surface area contributed by atoms with Gasteiger partial charge in [-0.25, -0.2) is 0 Å². The molecule has 0 fully saturated rings. The number of rotatable bonds is 1. The normalized spacial score (nSPS) is 21.1. The molecule has 5 nitrogen and oxygen atoms in total. The predicted molar refractivity (Wildman–Crippen MR) is 75.4 cm³/mol. The smallest absolute Gasteiger partial charge is 0.268 e. The van der Waals surface area contributed by atoms with E-state index in [4.69, 9.17) is 4.52 Å². The zero-order chi connectivity index (χ0) is 13.7. The average Bonchev–Trinajstić information content (AvgIpc) is 2.81. The summed E-state index contributed by atoms with van der Waals surface area (Å²) in [5.74, 6) is 0.787. The van der Waals surface area contributed by atoms with Crippen molar-refractivity contribution >= 4 is 34.3 Å². The number of nitrogens with zero attached hydrogens (tertiary/aromatic N) is 2. The zero-order valence-electron chi connectivity index (χ0n) is 10.7. The molecule has 1 N–H and O–H groups in total. The summed E-state index contributed by atoms with van der Waals surface area (Å²) < 4.78 is 5.76. The molecule has 6 heteroatoms. The van der Waals surface area contributed by atoms with Crippen LogP contribution in [0.25, 0.3) is 0 Å². The first-order valence-electron chi connectivity index (χ1n) is 5.58. The molecule has 2 heterocycles. The summed E-state index contributed by atoms with van der Waals surface area (Å²) in [5, 5.41) is 13.9. The van der Waals surface area contributed by atoms with Crippen LogP contribution in [0.5, 0.6) is 0 Å². The molecule has 0 saturated heterocycles. The van der Waals surface area contributed by atoms with Gasteiger partial charge in [0.15, 0.2) is 12.0 Å². The fourth-order valence-electron chi connectivity index (χ4n) is 1.65. The molecule has 18 heavy (non-hydrogen) atoms. The molecule has 1 aromatic heterocycles. The second kappa shape index (κ2) is 4.34. The predicted octanol–water partition coefficient (Wildman–Crippen LogP) is 2.35. The summed E-state index contributed by atoms with van der Waals surface area (Å²) >= 11 is 1.93. The van der Waals surface area contributed by atoms with Crippen molar-refractivity contribution in [1.82, 2.24) is 5.16 Å². The van der Waals surface area contributed by atoms with Gasteiger partial charge in [-0.1, -0.05) is 25.9 Å². The Morgan fingerprint density at radius 3 is 2.50 bits per heavy atom. The van der Waals surface area contributed by atoms with Crippen molar-refractivity contribution in [2.45, 2.75) is 39.3 Å². The van der Waals surface area contributed by atoms with Crippen molar-refractivity contribution in [2.75, 3.05) is 4.90 Å². The standard InChI is InChI=1S/C12H15IN2O3/c1-6-9(13)11(17)15(10(6)16)8-5-7(18-14-8)12(2,3)4/h5,10,16H,1-4H3/t10-/m0/s1. The van der Waals surface area contributed by atoms with Gasteiger partial charge in [-0.15, -0.1) is 0 Å². The van der Waals surface area contributed by atoms with Crippen LogP contribution in [0.2, 0.25) is 0 Å². The van der Waals surface area contributed by atoms with Gasteiger partial charge in [0.05, 0.1) is 3.58 Å². The van der Waals surface area contributed by atoms with Crippen molar-refractivity contribution in [1.29, 1.82) is 0 Å². The molecule has 0 radical (unpaired) electrons. The number of carbonyl (C=O) groups is 1. The molecule has 1 aromatic rings. The number of hydrogen-bond acceptors (Lipinski definition) is 4. The minimum atomic E-state index is -0.956. The average molecular weight is 362 g/mol. The third-order valence-electron chi connectivity index (χ3n) is 2.87. The van der Waals surface area contributed by atoms with Crippen LogP contribution in [0.15, 0.2) is 19.7 Å². The van der Waals surface area contributed by atoms with E-state index < -0.39 is 6.23 Å². The van der Waals surface area contributed by atoms with Gasteiger partial charge >= 0.3 is 0 Å². The summed E-state index contributed by atoms with van der Waals surface area (Å²) in [5.41, 5.74) is 0.454. The molecular weight excluding hydrogens is 347 g/mol. The van der Waals surface area contributed by atoms with Crippen LogP contribution in [-0.4, -0.2) is 22.4 Å². The maximum atomic E-state index is 12.0. The summed E-state index contributed by atoms with van der Waals surface area (Å²) in [6, 6.07) is 1.70.